The van der Waals surface area contributed by atoms with Crippen LogP contribution in [0.2, 0.25) is 0 Å². The average molecular weight is 378 g/mol. The SMILES string of the molecule is Cc1ccc([C@H]2SCCN2S(=O)(=O)c2ccc(C)c([N+](=O)[O-])c2)cc1. The Labute approximate surface area is 151 Å². The summed E-state index contributed by atoms with van der Waals surface area (Å²) in [6, 6.07) is 11.8. The highest BCUT2D eigenvalue weighted by molar-refractivity contribution is 8.01. The van der Waals surface area contributed by atoms with Gasteiger partial charge in [0.05, 0.1) is 15.2 Å². The van der Waals surface area contributed by atoms with Crippen LogP contribution in [0.1, 0.15) is 22.1 Å². The van der Waals surface area contributed by atoms with E-state index >= 15 is 0 Å². The minimum Gasteiger partial charge on any atom is -0.258 e. The lowest BCUT2D eigenvalue weighted by Crippen LogP contribution is -2.30. The van der Waals surface area contributed by atoms with Crippen molar-refractivity contribution in [2.24, 2.45) is 0 Å². The number of sulfonamides is 1. The Kier molecular flexibility index (Phi) is 4.86. The van der Waals surface area contributed by atoms with Crippen LogP contribution in [0.4, 0.5) is 5.69 Å². The van der Waals surface area contributed by atoms with Gasteiger partial charge in [0.2, 0.25) is 10.0 Å². The third-order valence-electron chi connectivity index (χ3n) is 4.20. The average Bonchev–Trinajstić information content (AvgIpc) is 3.06. The molecule has 6 nitrogen and oxygen atoms in total. The predicted molar refractivity (Wildman–Crippen MR) is 98.1 cm³/mol. The Bertz CT molecular complexity index is 911. The van der Waals surface area contributed by atoms with Crippen molar-refractivity contribution in [2.45, 2.75) is 24.1 Å². The summed E-state index contributed by atoms with van der Waals surface area (Å²) < 4.78 is 27.5. The number of hydrogen-bond donors (Lipinski definition) is 0. The van der Waals surface area contributed by atoms with Crippen LogP contribution in [0.3, 0.4) is 0 Å². The summed E-state index contributed by atoms with van der Waals surface area (Å²) in [6.45, 7) is 3.95. The molecule has 0 unspecified atom stereocenters. The molecule has 1 heterocycles. The molecule has 0 saturated carbocycles. The Morgan fingerprint density at radius 1 is 1.16 bits per heavy atom. The summed E-state index contributed by atoms with van der Waals surface area (Å²) in [5, 5.41) is 10.8. The van der Waals surface area contributed by atoms with Crippen molar-refractivity contribution in [3.8, 4) is 0 Å². The van der Waals surface area contributed by atoms with E-state index < -0.39 is 14.9 Å². The Hall–Kier alpha value is -1.90. The van der Waals surface area contributed by atoms with Crippen molar-refractivity contribution in [3.05, 3.63) is 69.3 Å². The quantitative estimate of drug-likeness (QED) is 0.599. The number of rotatable bonds is 4. The van der Waals surface area contributed by atoms with E-state index in [-0.39, 0.29) is 16.0 Å². The maximum Gasteiger partial charge on any atom is 0.273 e. The summed E-state index contributed by atoms with van der Waals surface area (Å²) in [4.78, 5) is 10.5. The largest absolute Gasteiger partial charge is 0.273 e. The molecule has 2 aromatic rings. The lowest BCUT2D eigenvalue weighted by atomic mass is 10.1. The van der Waals surface area contributed by atoms with Crippen molar-refractivity contribution in [3.63, 3.8) is 0 Å². The maximum absolute atomic E-state index is 13.1. The molecular formula is C17H18N2O4S2. The van der Waals surface area contributed by atoms with Crippen molar-refractivity contribution >= 4 is 27.5 Å². The van der Waals surface area contributed by atoms with E-state index in [1.54, 1.807) is 18.7 Å². The van der Waals surface area contributed by atoms with Gasteiger partial charge in [0.15, 0.2) is 0 Å². The van der Waals surface area contributed by atoms with Gasteiger partial charge in [0.1, 0.15) is 0 Å². The van der Waals surface area contributed by atoms with E-state index in [1.807, 2.05) is 31.2 Å². The second kappa shape index (κ2) is 6.78. The third kappa shape index (κ3) is 3.42. The number of nitrogens with zero attached hydrogens (tertiary/aromatic N) is 2. The molecule has 132 valence electrons. The van der Waals surface area contributed by atoms with Gasteiger partial charge >= 0.3 is 0 Å². The molecule has 0 bridgehead atoms. The van der Waals surface area contributed by atoms with E-state index in [0.29, 0.717) is 17.9 Å². The number of aryl methyl sites for hydroxylation is 2. The van der Waals surface area contributed by atoms with Crippen LogP contribution in [-0.4, -0.2) is 29.9 Å². The predicted octanol–water partition coefficient (Wildman–Crippen LogP) is 3.65. The summed E-state index contributed by atoms with van der Waals surface area (Å²) >= 11 is 1.56. The lowest BCUT2D eigenvalue weighted by Gasteiger charge is -2.23. The van der Waals surface area contributed by atoms with Crippen LogP contribution >= 0.6 is 11.8 Å². The molecule has 0 spiro atoms. The Morgan fingerprint density at radius 3 is 2.48 bits per heavy atom. The molecule has 1 fully saturated rings. The van der Waals surface area contributed by atoms with Gasteiger partial charge in [-0.15, -0.1) is 11.8 Å². The fourth-order valence-electron chi connectivity index (χ4n) is 2.78. The van der Waals surface area contributed by atoms with Crippen molar-refractivity contribution in [1.29, 1.82) is 0 Å². The molecule has 0 N–H and O–H groups in total. The van der Waals surface area contributed by atoms with Gasteiger partial charge in [-0.1, -0.05) is 35.9 Å². The molecule has 3 rings (SSSR count). The van der Waals surface area contributed by atoms with Gasteiger partial charge in [0, 0.05) is 23.9 Å². The highest BCUT2D eigenvalue weighted by atomic mass is 32.2. The van der Waals surface area contributed by atoms with Crippen LogP contribution in [0, 0.1) is 24.0 Å². The van der Waals surface area contributed by atoms with Crippen LogP contribution in [0.25, 0.3) is 0 Å². The van der Waals surface area contributed by atoms with Gasteiger partial charge in [-0.25, -0.2) is 8.42 Å². The van der Waals surface area contributed by atoms with E-state index in [0.717, 1.165) is 17.2 Å². The third-order valence-corrected chi connectivity index (χ3v) is 7.45. The fraction of sp³-hybridized carbons (Fsp3) is 0.294. The Morgan fingerprint density at radius 2 is 1.84 bits per heavy atom. The van der Waals surface area contributed by atoms with E-state index in [2.05, 4.69) is 0 Å². The van der Waals surface area contributed by atoms with Crippen LogP contribution in [0.15, 0.2) is 47.4 Å². The topological polar surface area (TPSA) is 80.5 Å². The van der Waals surface area contributed by atoms with Gasteiger partial charge in [-0.2, -0.15) is 4.31 Å². The second-order valence-electron chi connectivity index (χ2n) is 5.95. The number of hydrogen-bond acceptors (Lipinski definition) is 5. The van der Waals surface area contributed by atoms with E-state index in [9.17, 15) is 18.5 Å². The first-order valence-corrected chi connectivity index (χ1v) is 10.2. The molecule has 1 saturated heterocycles. The minimum atomic E-state index is -3.81. The molecule has 0 radical (unpaired) electrons. The van der Waals surface area contributed by atoms with Gasteiger partial charge in [-0.3, -0.25) is 10.1 Å². The summed E-state index contributed by atoms with van der Waals surface area (Å²) in [5.74, 6) is 0.686. The van der Waals surface area contributed by atoms with Crippen LogP contribution in [0.5, 0.6) is 0 Å². The second-order valence-corrected chi connectivity index (χ2v) is 9.03. The lowest BCUT2D eigenvalue weighted by molar-refractivity contribution is -0.385. The zero-order valence-corrected chi connectivity index (χ0v) is 15.5. The standard InChI is InChI=1S/C17H18N2O4S2/c1-12-3-6-14(7-4-12)17-18(9-10-24-17)25(22,23)15-8-5-13(2)16(11-15)19(20)21/h3-8,11,17H,9-10H2,1-2H3/t17-/m1/s1. The zero-order chi connectivity index (χ0) is 18.2. The normalized spacial score (nSPS) is 18.4. The molecule has 0 aromatic heterocycles. The first kappa shape index (κ1) is 17.9. The van der Waals surface area contributed by atoms with Crippen molar-refractivity contribution < 1.29 is 13.3 Å². The first-order chi connectivity index (χ1) is 11.8. The van der Waals surface area contributed by atoms with Crippen molar-refractivity contribution in [1.82, 2.24) is 4.31 Å². The molecule has 1 atom stereocenters. The summed E-state index contributed by atoms with van der Waals surface area (Å²) in [5.41, 5.74) is 2.28. The smallest absolute Gasteiger partial charge is 0.258 e. The maximum atomic E-state index is 13.1. The summed E-state index contributed by atoms with van der Waals surface area (Å²) in [7, 11) is -3.81. The molecule has 2 aromatic carbocycles. The molecular weight excluding hydrogens is 360 g/mol. The zero-order valence-electron chi connectivity index (χ0n) is 13.9. The highest BCUT2D eigenvalue weighted by Gasteiger charge is 2.37. The molecule has 8 heteroatoms. The minimum absolute atomic E-state index is 0.0376. The number of nitro groups is 1. The summed E-state index contributed by atoms with van der Waals surface area (Å²) in [6.07, 6.45) is 0. The number of thioether (sulfide) groups is 1. The Balaban J connectivity index is 2.00. The monoisotopic (exact) mass is 378 g/mol. The number of nitro benzene ring substituents is 1. The van der Waals surface area contributed by atoms with Crippen molar-refractivity contribution in [2.75, 3.05) is 12.3 Å². The van der Waals surface area contributed by atoms with Crippen LogP contribution < -0.4 is 0 Å². The molecule has 25 heavy (non-hydrogen) atoms. The molecule has 1 aliphatic rings. The number of benzene rings is 2. The molecule has 0 amide bonds. The molecule has 1 aliphatic heterocycles. The highest BCUT2D eigenvalue weighted by Crippen LogP contribution is 2.41. The molecule has 0 aliphatic carbocycles. The van der Waals surface area contributed by atoms with E-state index in [1.165, 1.54) is 16.4 Å². The fourth-order valence-corrected chi connectivity index (χ4v) is 6.04. The van der Waals surface area contributed by atoms with E-state index in [4.69, 9.17) is 0 Å². The van der Waals surface area contributed by atoms with Gasteiger partial charge in [0.25, 0.3) is 5.69 Å². The van der Waals surface area contributed by atoms with Gasteiger partial charge in [-0.05, 0) is 25.5 Å². The van der Waals surface area contributed by atoms with Gasteiger partial charge < -0.3 is 0 Å². The van der Waals surface area contributed by atoms with Crippen LogP contribution in [-0.2, 0) is 10.0 Å². The first-order valence-electron chi connectivity index (χ1n) is 7.76.